The SMILES string of the molecule is NC(=O)CNCCNS(=O)(=O)c1c(C(N)=O)[nH]c2ccc(Cl)cc12. The molecule has 2 amide bonds. The zero-order valence-corrected chi connectivity index (χ0v) is 14.0. The van der Waals surface area contributed by atoms with Gasteiger partial charge in [-0.3, -0.25) is 9.59 Å². The summed E-state index contributed by atoms with van der Waals surface area (Å²) in [5.74, 6) is -1.46. The molecule has 0 aliphatic rings. The minimum absolute atomic E-state index is 0.0128. The fourth-order valence-electron chi connectivity index (χ4n) is 2.15. The quantitative estimate of drug-likeness (QED) is 0.385. The van der Waals surface area contributed by atoms with Gasteiger partial charge < -0.3 is 21.8 Å². The highest BCUT2D eigenvalue weighted by Crippen LogP contribution is 2.29. The standard InChI is InChI=1S/C13H16ClN5O4S/c14-7-1-2-9-8(5-7)12(11(19-9)13(16)21)24(22,23)18-4-3-17-6-10(15)20/h1-2,5,17-19H,3-4,6H2,(H2,15,20)(H2,16,21). The molecular formula is C13H16ClN5O4S. The number of sulfonamides is 1. The van der Waals surface area contributed by atoms with Crippen molar-refractivity contribution in [3.8, 4) is 0 Å². The molecule has 0 saturated carbocycles. The molecule has 0 atom stereocenters. The first-order chi connectivity index (χ1) is 11.2. The molecule has 0 fully saturated rings. The molecule has 2 aromatic rings. The largest absolute Gasteiger partial charge is 0.369 e. The molecule has 1 heterocycles. The van der Waals surface area contributed by atoms with Crippen molar-refractivity contribution in [1.29, 1.82) is 0 Å². The number of halogens is 1. The smallest absolute Gasteiger partial charge is 0.266 e. The van der Waals surface area contributed by atoms with Crippen molar-refractivity contribution < 1.29 is 18.0 Å². The molecule has 1 aromatic carbocycles. The van der Waals surface area contributed by atoms with Gasteiger partial charge in [-0.1, -0.05) is 11.6 Å². The summed E-state index contributed by atoms with van der Waals surface area (Å²) < 4.78 is 27.4. The Kier molecular flexibility index (Phi) is 5.44. The number of fused-ring (bicyclic) bond motifs is 1. The summed E-state index contributed by atoms with van der Waals surface area (Å²) in [5, 5.41) is 3.24. The van der Waals surface area contributed by atoms with Crippen LogP contribution in [-0.2, 0) is 14.8 Å². The third-order valence-corrected chi connectivity index (χ3v) is 4.90. The van der Waals surface area contributed by atoms with Crippen molar-refractivity contribution in [1.82, 2.24) is 15.0 Å². The fourth-order valence-corrected chi connectivity index (χ4v) is 3.72. The molecule has 9 nitrogen and oxygen atoms in total. The van der Waals surface area contributed by atoms with Crippen LogP contribution in [0.25, 0.3) is 10.9 Å². The second-order valence-corrected chi connectivity index (χ2v) is 7.06. The summed E-state index contributed by atoms with van der Waals surface area (Å²) in [4.78, 5) is 24.6. The molecular weight excluding hydrogens is 358 g/mol. The summed E-state index contributed by atoms with van der Waals surface area (Å²) in [6, 6.07) is 4.54. The lowest BCUT2D eigenvalue weighted by Crippen LogP contribution is -2.36. The maximum atomic E-state index is 12.5. The molecule has 0 radical (unpaired) electrons. The van der Waals surface area contributed by atoms with Crippen LogP contribution < -0.4 is 21.5 Å². The third kappa shape index (κ3) is 4.03. The maximum Gasteiger partial charge on any atom is 0.266 e. The van der Waals surface area contributed by atoms with Crippen molar-refractivity contribution in [3.63, 3.8) is 0 Å². The zero-order chi connectivity index (χ0) is 17.9. The van der Waals surface area contributed by atoms with Gasteiger partial charge in [-0.05, 0) is 18.2 Å². The number of nitrogens with two attached hydrogens (primary N) is 2. The lowest BCUT2D eigenvalue weighted by atomic mass is 10.2. The minimum atomic E-state index is -4.03. The van der Waals surface area contributed by atoms with Gasteiger partial charge in [-0.25, -0.2) is 13.1 Å². The van der Waals surface area contributed by atoms with Crippen molar-refractivity contribution in [2.24, 2.45) is 11.5 Å². The van der Waals surface area contributed by atoms with Crippen LogP contribution in [0.3, 0.4) is 0 Å². The van der Waals surface area contributed by atoms with Gasteiger partial charge in [0, 0.05) is 29.0 Å². The highest BCUT2D eigenvalue weighted by atomic mass is 35.5. The molecule has 0 unspecified atom stereocenters. The maximum absolute atomic E-state index is 12.5. The molecule has 0 aliphatic carbocycles. The van der Waals surface area contributed by atoms with E-state index in [4.69, 9.17) is 23.1 Å². The third-order valence-electron chi connectivity index (χ3n) is 3.12. The number of primary amides is 2. The average Bonchev–Trinajstić information content (AvgIpc) is 2.86. The number of aromatic amines is 1. The first-order valence-electron chi connectivity index (χ1n) is 6.82. The number of hydrogen-bond acceptors (Lipinski definition) is 5. The van der Waals surface area contributed by atoms with Crippen molar-refractivity contribution in [2.75, 3.05) is 19.6 Å². The second kappa shape index (κ2) is 7.18. The molecule has 2 rings (SSSR count). The number of nitrogens with one attached hydrogen (secondary N) is 3. The van der Waals surface area contributed by atoms with Gasteiger partial charge >= 0.3 is 0 Å². The van der Waals surface area contributed by atoms with Crippen LogP contribution in [-0.4, -0.2) is 44.9 Å². The molecule has 0 saturated heterocycles. The van der Waals surface area contributed by atoms with Crippen LogP contribution in [0.4, 0.5) is 0 Å². The number of hydrogen-bond donors (Lipinski definition) is 5. The summed E-state index contributed by atoms with van der Waals surface area (Å²) >= 11 is 5.91. The van der Waals surface area contributed by atoms with Gasteiger partial charge in [0.25, 0.3) is 5.91 Å². The van der Waals surface area contributed by atoms with E-state index in [1.165, 1.54) is 6.07 Å². The Hall–Kier alpha value is -2.14. The van der Waals surface area contributed by atoms with E-state index in [9.17, 15) is 18.0 Å². The molecule has 7 N–H and O–H groups in total. The van der Waals surface area contributed by atoms with E-state index in [1.807, 2.05) is 0 Å². The van der Waals surface area contributed by atoms with E-state index in [1.54, 1.807) is 12.1 Å². The van der Waals surface area contributed by atoms with Crippen LogP contribution in [0, 0.1) is 0 Å². The molecule has 24 heavy (non-hydrogen) atoms. The van der Waals surface area contributed by atoms with E-state index in [-0.39, 0.29) is 35.6 Å². The van der Waals surface area contributed by atoms with Crippen LogP contribution in [0.2, 0.25) is 5.02 Å². The number of rotatable bonds is 8. The van der Waals surface area contributed by atoms with E-state index >= 15 is 0 Å². The summed E-state index contributed by atoms with van der Waals surface area (Å²) in [6.45, 7) is 0.0925. The van der Waals surface area contributed by atoms with Gasteiger partial charge in [0.15, 0.2) is 0 Å². The van der Waals surface area contributed by atoms with E-state index in [2.05, 4.69) is 15.0 Å². The number of H-pyrrole nitrogens is 1. The van der Waals surface area contributed by atoms with Gasteiger partial charge in [0.05, 0.1) is 6.54 Å². The predicted molar refractivity (Wildman–Crippen MR) is 89.1 cm³/mol. The van der Waals surface area contributed by atoms with Gasteiger partial charge in [-0.2, -0.15) is 0 Å². The first-order valence-corrected chi connectivity index (χ1v) is 8.68. The van der Waals surface area contributed by atoms with Crippen LogP contribution >= 0.6 is 11.6 Å². The summed E-state index contributed by atoms with van der Waals surface area (Å²) in [7, 11) is -4.03. The fraction of sp³-hybridized carbons (Fsp3) is 0.231. The van der Waals surface area contributed by atoms with Crippen LogP contribution in [0.1, 0.15) is 10.5 Å². The highest BCUT2D eigenvalue weighted by molar-refractivity contribution is 7.89. The van der Waals surface area contributed by atoms with Crippen molar-refractivity contribution >= 4 is 44.3 Å². The molecule has 0 bridgehead atoms. The Morgan fingerprint density at radius 3 is 2.54 bits per heavy atom. The summed E-state index contributed by atoms with van der Waals surface area (Å²) in [6.07, 6.45) is 0. The normalized spacial score (nSPS) is 11.7. The number of carbonyl (C=O) groups excluding carboxylic acids is 2. The van der Waals surface area contributed by atoms with Crippen molar-refractivity contribution in [3.05, 3.63) is 28.9 Å². The minimum Gasteiger partial charge on any atom is -0.369 e. The Balaban J connectivity index is 2.31. The summed E-state index contributed by atoms with van der Waals surface area (Å²) in [5.41, 5.74) is 10.4. The second-order valence-electron chi connectivity index (χ2n) is 4.92. The lowest BCUT2D eigenvalue weighted by molar-refractivity contribution is -0.117. The molecule has 1 aromatic heterocycles. The number of carbonyl (C=O) groups is 2. The first kappa shape index (κ1) is 18.2. The van der Waals surface area contributed by atoms with Gasteiger partial charge in [0.1, 0.15) is 10.6 Å². The Labute approximate surface area is 142 Å². The van der Waals surface area contributed by atoms with Crippen LogP contribution in [0.5, 0.6) is 0 Å². The number of benzene rings is 1. The Morgan fingerprint density at radius 1 is 1.21 bits per heavy atom. The number of amides is 2. The molecule has 130 valence electrons. The zero-order valence-electron chi connectivity index (χ0n) is 12.4. The van der Waals surface area contributed by atoms with Crippen molar-refractivity contribution in [2.45, 2.75) is 4.90 Å². The molecule has 0 spiro atoms. The average molecular weight is 374 g/mol. The predicted octanol–water partition coefficient (Wildman–Crippen LogP) is -0.727. The van der Waals surface area contributed by atoms with Gasteiger partial charge in [-0.15, -0.1) is 0 Å². The van der Waals surface area contributed by atoms with Crippen LogP contribution in [0.15, 0.2) is 23.1 Å². The Bertz CT molecular complexity index is 893. The molecule has 11 heteroatoms. The lowest BCUT2D eigenvalue weighted by Gasteiger charge is -2.08. The van der Waals surface area contributed by atoms with E-state index in [0.717, 1.165) is 0 Å². The topological polar surface area (TPSA) is 160 Å². The Morgan fingerprint density at radius 2 is 1.92 bits per heavy atom. The number of aromatic nitrogens is 1. The highest BCUT2D eigenvalue weighted by Gasteiger charge is 2.26. The van der Waals surface area contributed by atoms with E-state index in [0.29, 0.717) is 10.5 Å². The molecule has 0 aliphatic heterocycles. The monoisotopic (exact) mass is 373 g/mol. The van der Waals surface area contributed by atoms with E-state index < -0.39 is 21.8 Å². The van der Waals surface area contributed by atoms with Gasteiger partial charge in [0.2, 0.25) is 15.9 Å².